The molecule has 0 unspecified atom stereocenters. The van der Waals surface area contributed by atoms with E-state index in [0.29, 0.717) is 0 Å². The van der Waals surface area contributed by atoms with E-state index < -0.39 is 10.8 Å². The van der Waals surface area contributed by atoms with Gasteiger partial charge in [-0.25, -0.2) is 0 Å². The van der Waals surface area contributed by atoms with Gasteiger partial charge in [-0.15, -0.1) is 0 Å². The molecule has 0 atom stereocenters. The van der Waals surface area contributed by atoms with E-state index in [1.807, 2.05) is 0 Å². The van der Waals surface area contributed by atoms with Crippen LogP contribution in [0.15, 0.2) is 285 Å². The number of anilines is 3. The van der Waals surface area contributed by atoms with Crippen LogP contribution in [0.3, 0.4) is 0 Å². The molecule has 12 aromatic rings. The first-order chi connectivity index (χ1) is 37.2. The Morgan fingerprint density at radius 1 is 0.200 bits per heavy atom. The average Bonchev–Trinajstić information content (AvgIpc) is 4.34. The third-order valence-electron chi connectivity index (χ3n) is 17.1. The summed E-state index contributed by atoms with van der Waals surface area (Å²) in [5.74, 6) is 0. The third-order valence-corrected chi connectivity index (χ3v) is 17.1. The molecule has 2 spiro atoms. The molecular weight excluding hydrogens is 903 g/mol. The molecule has 348 valence electrons. The third kappa shape index (κ3) is 5.67. The maximum Gasteiger partial charge on any atom is 0.0726 e. The number of nitrogens with zero attached hydrogens (tertiary/aromatic N) is 1. The van der Waals surface area contributed by atoms with Crippen LogP contribution in [0.2, 0.25) is 0 Å². The van der Waals surface area contributed by atoms with E-state index in [9.17, 15) is 0 Å². The van der Waals surface area contributed by atoms with E-state index in [1.165, 1.54) is 106 Å². The van der Waals surface area contributed by atoms with Crippen LogP contribution in [-0.2, 0) is 10.8 Å². The highest BCUT2D eigenvalue weighted by Gasteiger charge is 2.53. The van der Waals surface area contributed by atoms with Crippen molar-refractivity contribution in [2.75, 3.05) is 4.90 Å². The molecule has 0 aromatic heterocycles. The molecule has 0 amide bonds. The Bertz CT molecular complexity index is 4200. The Hall–Kier alpha value is -9.56. The standard InChI is InChI=1S/C74H47N/c1-3-21-48(22-4-1)51-42-44-70(61(46-51)49-23-5-2-6-24-49)75(71-40-20-39-68-72(71)60-32-12-18-38-67(60)73(68)62-33-13-7-27-54(62)55-28-8-14-34-63(55)73)53-26-19-25-50(45-53)52-41-43-59-58-31-11-17-37-66(58)74(69(59)47-52)64-35-15-9-29-56(64)57-30-10-16-36-65(57)74/h1-47H. The van der Waals surface area contributed by atoms with E-state index in [1.54, 1.807) is 0 Å². The second kappa shape index (κ2) is 16.0. The fourth-order valence-corrected chi connectivity index (χ4v) is 14.2. The van der Waals surface area contributed by atoms with E-state index in [2.05, 4.69) is 290 Å². The van der Waals surface area contributed by atoms with Crippen molar-refractivity contribution in [2.24, 2.45) is 0 Å². The molecular formula is C74H47N. The highest BCUT2D eigenvalue weighted by Crippen LogP contribution is 2.66. The van der Waals surface area contributed by atoms with Crippen LogP contribution in [0.4, 0.5) is 17.1 Å². The maximum atomic E-state index is 2.57. The van der Waals surface area contributed by atoms with Crippen molar-refractivity contribution in [1.82, 2.24) is 0 Å². The van der Waals surface area contributed by atoms with E-state index in [-0.39, 0.29) is 0 Å². The summed E-state index contributed by atoms with van der Waals surface area (Å²) in [6.45, 7) is 0. The van der Waals surface area contributed by atoms with Gasteiger partial charge in [0.2, 0.25) is 0 Å². The number of hydrogen-bond donors (Lipinski definition) is 0. The van der Waals surface area contributed by atoms with Crippen molar-refractivity contribution < 1.29 is 0 Å². The summed E-state index contributed by atoms with van der Waals surface area (Å²) in [5, 5.41) is 0. The number of benzene rings is 12. The van der Waals surface area contributed by atoms with Crippen molar-refractivity contribution in [3.63, 3.8) is 0 Å². The molecule has 0 N–H and O–H groups in total. The highest BCUT2D eigenvalue weighted by atomic mass is 15.1. The summed E-state index contributed by atoms with van der Waals surface area (Å²) in [4.78, 5) is 2.57. The molecule has 4 aliphatic carbocycles. The molecule has 0 aliphatic heterocycles. The van der Waals surface area contributed by atoms with Crippen LogP contribution in [0.5, 0.6) is 0 Å². The van der Waals surface area contributed by atoms with Gasteiger partial charge in [-0.1, -0.05) is 249 Å². The lowest BCUT2D eigenvalue weighted by Gasteiger charge is -2.33. The van der Waals surface area contributed by atoms with Gasteiger partial charge in [0.05, 0.1) is 22.2 Å². The quantitative estimate of drug-likeness (QED) is 0.161. The molecule has 0 heterocycles. The topological polar surface area (TPSA) is 3.24 Å². The molecule has 0 fully saturated rings. The molecule has 75 heavy (non-hydrogen) atoms. The number of rotatable bonds is 6. The van der Waals surface area contributed by atoms with E-state index >= 15 is 0 Å². The molecule has 1 nitrogen and oxygen atoms in total. The number of hydrogen-bond acceptors (Lipinski definition) is 1. The van der Waals surface area contributed by atoms with Crippen molar-refractivity contribution in [3.05, 3.63) is 330 Å². The zero-order valence-electron chi connectivity index (χ0n) is 41.1. The second-order valence-electron chi connectivity index (χ2n) is 20.6. The Morgan fingerprint density at radius 2 is 0.587 bits per heavy atom. The molecule has 4 aliphatic rings. The van der Waals surface area contributed by atoms with E-state index in [4.69, 9.17) is 0 Å². The minimum atomic E-state index is -0.489. The van der Waals surface area contributed by atoms with Crippen LogP contribution < -0.4 is 4.90 Å². The normalized spacial score (nSPS) is 13.8. The minimum Gasteiger partial charge on any atom is -0.309 e. The summed E-state index contributed by atoms with van der Waals surface area (Å²) < 4.78 is 0. The van der Waals surface area contributed by atoms with Crippen LogP contribution >= 0.6 is 0 Å². The average molecular weight is 950 g/mol. The van der Waals surface area contributed by atoms with Crippen molar-refractivity contribution in [1.29, 1.82) is 0 Å². The highest BCUT2D eigenvalue weighted by molar-refractivity contribution is 6.03. The van der Waals surface area contributed by atoms with Gasteiger partial charge in [0.25, 0.3) is 0 Å². The van der Waals surface area contributed by atoms with Gasteiger partial charge in [-0.3, -0.25) is 0 Å². The predicted molar refractivity (Wildman–Crippen MR) is 310 cm³/mol. The molecule has 0 saturated heterocycles. The fraction of sp³-hybridized carbons (Fsp3) is 0.0270. The van der Waals surface area contributed by atoms with Gasteiger partial charge in [0.15, 0.2) is 0 Å². The summed E-state index contributed by atoms with van der Waals surface area (Å²) in [6.07, 6.45) is 0. The van der Waals surface area contributed by atoms with Crippen LogP contribution in [0, 0.1) is 0 Å². The van der Waals surface area contributed by atoms with Crippen LogP contribution in [-0.4, -0.2) is 0 Å². The van der Waals surface area contributed by atoms with E-state index in [0.717, 1.165) is 33.8 Å². The van der Waals surface area contributed by atoms with Gasteiger partial charge in [-0.2, -0.15) is 0 Å². The van der Waals surface area contributed by atoms with Gasteiger partial charge in [-0.05, 0) is 148 Å². The minimum absolute atomic E-state index is 0.435. The predicted octanol–water partition coefficient (Wildman–Crippen LogP) is 18.8. The van der Waals surface area contributed by atoms with Crippen LogP contribution in [0.25, 0.3) is 77.9 Å². The first-order valence-electron chi connectivity index (χ1n) is 26.2. The van der Waals surface area contributed by atoms with Crippen molar-refractivity contribution in [3.8, 4) is 77.9 Å². The van der Waals surface area contributed by atoms with Gasteiger partial charge in [0, 0.05) is 16.8 Å². The Labute approximate surface area is 438 Å². The Morgan fingerprint density at radius 3 is 1.15 bits per heavy atom. The molecule has 0 saturated carbocycles. The summed E-state index contributed by atoms with van der Waals surface area (Å²) in [5.41, 5.74) is 30.5. The summed E-state index contributed by atoms with van der Waals surface area (Å²) in [7, 11) is 0. The lowest BCUT2D eigenvalue weighted by molar-refractivity contribution is 0.794. The lowest BCUT2D eigenvalue weighted by atomic mass is 9.70. The van der Waals surface area contributed by atoms with Crippen molar-refractivity contribution in [2.45, 2.75) is 10.8 Å². The van der Waals surface area contributed by atoms with Gasteiger partial charge < -0.3 is 4.90 Å². The molecule has 0 bridgehead atoms. The van der Waals surface area contributed by atoms with Gasteiger partial charge in [0.1, 0.15) is 0 Å². The molecule has 12 aromatic carbocycles. The SMILES string of the molecule is c1ccc(-c2ccc(N(c3cccc(-c4ccc5c(c4)C4(c6ccccc6-c6ccccc64)c4ccccc4-5)c3)c3cccc4c3-c3ccccc3C43c4ccccc4-c4ccccc43)c(-c3ccccc3)c2)cc1. The Kier molecular flexibility index (Phi) is 8.94. The fourth-order valence-electron chi connectivity index (χ4n) is 14.2. The summed E-state index contributed by atoms with van der Waals surface area (Å²) in [6, 6.07) is 107. The molecule has 1 heteroatoms. The number of fused-ring (bicyclic) bond motifs is 20. The first kappa shape index (κ1) is 42.0. The largest absolute Gasteiger partial charge is 0.309 e. The van der Waals surface area contributed by atoms with Crippen LogP contribution in [0.1, 0.15) is 44.5 Å². The smallest absolute Gasteiger partial charge is 0.0726 e. The second-order valence-corrected chi connectivity index (χ2v) is 20.6. The zero-order chi connectivity index (χ0) is 49.2. The molecule has 16 rings (SSSR count). The maximum absolute atomic E-state index is 2.57. The lowest BCUT2D eigenvalue weighted by Crippen LogP contribution is -2.26. The zero-order valence-corrected chi connectivity index (χ0v) is 41.1. The van der Waals surface area contributed by atoms with Gasteiger partial charge >= 0.3 is 0 Å². The Balaban J connectivity index is 0.953. The molecule has 0 radical (unpaired) electrons. The summed E-state index contributed by atoms with van der Waals surface area (Å²) >= 11 is 0. The monoisotopic (exact) mass is 949 g/mol. The van der Waals surface area contributed by atoms with Crippen molar-refractivity contribution >= 4 is 17.1 Å². The first-order valence-corrected chi connectivity index (χ1v) is 26.2.